The van der Waals surface area contributed by atoms with Crippen molar-refractivity contribution in [3.63, 3.8) is 0 Å². The number of aliphatic carboxylic acids is 1. The van der Waals surface area contributed by atoms with Crippen molar-refractivity contribution in [3.05, 3.63) is 48.2 Å². The van der Waals surface area contributed by atoms with Crippen LogP contribution in [0.15, 0.2) is 36.5 Å². The van der Waals surface area contributed by atoms with E-state index in [-0.39, 0.29) is 5.82 Å². The monoisotopic (exact) mass is 247 g/mol. The van der Waals surface area contributed by atoms with Crippen LogP contribution >= 0.6 is 0 Å². The first-order valence-electron chi connectivity index (χ1n) is 5.15. The lowest BCUT2D eigenvalue weighted by atomic mass is 10.1. The molecular weight excluding hydrogens is 237 g/mol. The van der Waals surface area contributed by atoms with E-state index in [9.17, 15) is 9.18 Å². The summed E-state index contributed by atoms with van der Waals surface area (Å²) in [5.41, 5.74) is 6.38. The highest BCUT2D eigenvalue weighted by atomic mass is 19.1. The Kier molecular flexibility index (Phi) is 3.29. The van der Waals surface area contributed by atoms with Crippen molar-refractivity contribution in [2.24, 2.45) is 5.73 Å². The lowest BCUT2D eigenvalue weighted by Crippen LogP contribution is -2.23. The predicted octanol–water partition coefficient (Wildman–Crippen LogP) is 1.37. The third-order valence-corrected chi connectivity index (χ3v) is 2.34. The van der Waals surface area contributed by atoms with Gasteiger partial charge in [0, 0.05) is 11.8 Å². The van der Waals surface area contributed by atoms with Gasteiger partial charge in [-0.2, -0.15) is 0 Å². The van der Waals surface area contributed by atoms with Gasteiger partial charge < -0.3 is 10.8 Å². The van der Waals surface area contributed by atoms with Crippen LogP contribution in [0.5, 0.6) is 0 Å². The van der Waals surface area contributed by atoms with Crippen molar-refractivity contribution in [2.75, 3.05) is 0 Å². The number of nitrogens with zero attached hydrogens (tertiary/aromatic N) is 2. The van der Waals surface area contributed by atoms with Gasteiger partial charge in [-0.25, -0.2) is 14.4 Å². The van der Waals surface area contributed by atoms with Gasteiger partial charge in [0.05, 0.1) is 5.69 Å². The van der Waals surface area contributed by atoms with E-state index >= 15 is 0 Å². The molecule has 0 bridgehead atoms. The largest absolute Gasteiger partial charge is 0.480 e. The third-order valence-electron chi connectivity index (χ3n) is 2.34. The maximum Gasteiger partial charge on any atom is 0.328 e. The Morgan fingerprint density at radius 1 is 1.39 bits per heavy atom. The number of benzene rings is 1. The van der Waals surface area contributed by atoms with Crippen molar-refractivity contribution < 1.29 is 14.3 Å². The molecule has 2 rings (SSSR count). The highest BCUT2D eigenvalue weighted by Gasteiger charge is 2.17. The first-order valence-corrected chi connectivity index (χ1v) is 5.15. The maximum absolute atomic E-state index is 13.1. The molecule has 92 valence electrons. The second kappa shape index (κ2) is 4.89. The fraction of sp³-hybridized carbons (Fsp3) is 0.0833. The Morgan fingerprint density at radius 2 is 2.17 bits per heavy atom. The van der Waals surface area contributed by atoms with E-state index in [1.54, 1.807) is 18.2 Å². The number of nitrogens with two attached hydrogens (primary N) is 1. The van der Waals surface area contributed by atoms with E-state index in [4.69, 9.17) is 10.8 Å². The second-order valence-electron chi connectivity index (χ2n) is 3.63. The minimum Gasteiger partial charge on any atom is -0.480 e. The fourth-order valence-corrected chi connectivity index (χ4v) is 1.44. The normalized spacial score (nSPS) is 12.1. The third kappa shape index (κ3) is 2.49. The molecule has 1 heterocycles. The van der Waals surface area contributed by atoms with Gasteiger partial charge in [0.15, 0.2) is 11.9 Å². The highest BCUT2D eigenvalue weighted by Crippen LogP contribution is 2.18. The molecule has 1 atom stereocenters. The molecule has 0 saturated heterocycles. The summed E-state index contributed by atoms with van der Waals surface area (Å²) in [5.74, 6) is -1.62. The van der Waals surface area contributed by atoms with Gasteiger partial charge >= 0.3 is 5.97 Å². The smallest absolute Gasteiger partial charge is 0.328 e. The Bertz CT molecular complexity index is 589. The SMILES string of the molecule is NC(C(=O)O)c1nccc(-c2cccc(F)c2)n1. The molecule has 0 spiro atoms. The van der Waals surface area contributed by atoms with Gasteiger partial charge in [0.25, 0.3) is 0 Å². The van der Waals surface area contributed by atoms with Gasteiger partial charge in [-0.05, 0) is 18.2 Å². The summed E-state index contributed by atoms with van der Waals surface area (Å²) < 4.78 is 13.1. The number of carboxylic acids is 1. The van der Waals surface area contributed by atoms with Gasteiger partial charge in [-0.15, -0.1) is 0 Å². The van der Waals surface area contributed by atoms with Crippen molar-refractivity contribution in [2.45, 2.75) is 6.04 Å². The van der Waals surface area contributed by atoms with Gasteiger partial charge in [-0.3, -0.25) is 4.79 Å². The molecule has 0 aliphatic heterocycles. The summed E-state index contributed by atoms with van der Waals surface area (Å²) in [4.78, 5) is 18.6. The summed E-state index contributed by atoms with van der Waals surface area (Å²) in [6.07, 6.45) is 1.39. The van der Waals surface area contributed by atoms with Gasteiger partial charge in [0.1, 0.15) is 5.82 Å². The first-order chi connectivity index (χ1) is 8.58. The molecule has 1 unspecified atom stereocenters. The zero-order valence-electron chi connectivity index (χ0n) is 9.25. The average Bonchev–Trinajstić information content (AvgIpc) is 2.38. The number of halogens is 1. The van der Waals surface area contributed by atoms with Crippen molar-refractivity contribution in [1.82, 2.24) is 9.97 Å². The Hall–Kier alpha value is -2.34. The lowest BCUT2D eigenvalue weighted by Gasteiger charge is -2.07. The van der Waals surface area contributed by atoms with E-state index in [1.807, 2.05) is 0 Å². The number of carboxylic acid groups (broad SMARTS) is 1. The average molecular weight is 247 g/mol. The van der Waals surface area contributed by atoms with Crippen LogP contribution in [0.25, 0.3) is 11.3 Å². The van der Waals surface area contributed by atoms with Crippen LogP contribution in [0.4, 0.5) is 4.39 Å². The first kappa shape index (κ1) is 12.1. The van der Waals surface area contributed by atoms with Crippen LogP contribution in [0.2, 0.25) is 0 Å². The molecule has 0 amide bonds. The molecule has 0 saturated carbocycles. The topological polar surface area (TPSA) is 89.1 Å². The summed E-state index contributed by atoms with van der Waals surface area (Å²) in [5, 5.41) is 8.78. The molecule has 0 aliphatic carbocycles. The van der Waals surface area contributed by atoms with E-state index in [2.05, 4.69) is 9.97 Å². The molecule has 3 N–H and O–H groups in total. The molecule has 2 aromatic rings. The van der Waals surface area contributed by atoms with E-state index in [1.165, 1.54) is 18.3 Å². The zero-order valence-corrected chi connectivity index (χ0v) is 9.25. The second-order valence-corrected chi connectivity index (χ2v) is 3.63. The van der Waals surface area contributed by atoms with Gasteiger partial charge in [-0.1, -0.05) is 12.1 Å². The van der Waals surface area contributed by atoms with Crippen LogP contribution in [-0.2, 0) is 4.79 Å². The molecule has 1 aromatic heterocycles. The predicted molar refractivity (Wildman–Crippen MR) is 62.0 cm³/mol. The number of hydrogen-bond acceptors (Lipinski definition) is 4. The Balaban J connectivity index is 2.41. The maximum atomic E-state index is 13.1. The molecule has 1 aromatic carbocycles. The summed E-state index contributed by atoms with van der Waals surface area (Å²) in [7, 11) is 0. The van der Waals surface area contributed by atoms with Gasteiger partial charge in [0.2, 0.25) is 0 Å². The summed E-state index contributed by atoms with van der Waals surface area (Å²) in [6.45, 7) is 0. The minimum absolute atomic E-state index is 0.00994. The molecule has 0 aliphatic rings. The molecule has 5 nitrogen and oxygen atoms in total. The molecular formula is C12H10FN3O2. The number of hydrogen-bond donors (Lipinski definition) is 2. The molecule has 6 heteroatoms. The summed E-state index contributed by atoms with van der Waals surface area (Å²) >= 11 is 0. The van der Waals surface area contributed by atoms with E-state index in [0.717, 1.165) is 0 Å². The van der Waals surface area contributed by atoms with E-state index in [0.29, 0.717) is 11.3 Å². The molecule has 0 radical (unpaired) electrons. The highest BCUT2D eigenvalue weighted by molar-refractivity contribution is 5.74. The zero-order chi connectivity index (χ0) is 13.1. The number of rotatable bonds is 3. The van der Waals surface area contributed by atoms with Crippen LogP contribution in [0, 0.1) is 5.82 Å². The van der Waals surface area contributed by atoms with Crippen LogP contribution in [0.1, 0.15) is 11.9 Å². The van der Waals surface area contributed by atoms with Crippen LogP contribution < -0.4 is 5.73 Å². The number of aromatic nitrogens is 2. The van der Waals surface area contributed by atoms with Crippen molar-refractivity contribution in [3.8, 4) is 11.3 Å². The standard InChI is InChI=1S/C12H10FN3O2/c13-8-3-1-2-7(6-8)9-4-5-15-11(16-9)10(14)12(17)18/h1-6,10H,14H2,(H,17,18). The Labute approximate surface area is 102 Å². The number of carbonyl (C=O) groups is 1. The van der Waals surface area contributed by atoms with Crippen LogP contribution in [0.3, 0.4) is 0 Å². The summed E-state index contributed by atoms with van der Waals surface area (Å²) in [6, 6.07) is 6.10. The lowest BCUT2D eigenvalue weighted by molar-refractivity contribution is -0.138. The fourth-order valence-electron chi connectivity index (χ4n) is 1.44. The quantitative estimate of drug-likeness (QED) is 0.854. The van der Waals surface area contributed by atoms with Crippen LogP contribution in [-0.4, -0.2) is 21.0 Å². The van der Waals surface area contributed by atoms with Crippen molar-refractivity contribution >= 4 is 5.97 Å². The Morgan fingerprint density at radius 3 is 2.83 bits per heavy atom. The van der Waals surface area contributed by atoms with Crippen molar-refractivity contribution in [1.29, 1.82) is 0 Å². The molecule has 18 heavy (non-hydrogen) atoms. The minimum atomic E-state index is -1.29. The van der Waals surface area contributed by atoms with E-state index < -0.39 is 17.8 Å². The molecule has 0 fully saturated rings.